The molecule has 2 aliphatic heterocycles. The van der Waals surface area contributed by atoms with Crippen LogP contribution in [0.5, 0.6) is 17.2 Å². The van der Waals surface area contributed by atoms with Gasteiger partial charge in [-0.25, -0.2) is 13.2 Å². The van der Waals surface area contributed by atoms with Crippen molar-refractivity contribution in [2.24, 2.45) is 11.8 Å². The lowest BCUT2D eigenvalue weighted by molar-refractivity contribution is 0.0734. The Morgan fingerprint density at radius 2 is 1.66 bits per heavy atom. The van der Waals surface area contributed by atoms with Gasteiger partial charge in [0.2, 0.25) is 16.8 Å². The maximum Gasteiger partial charge on any atom is 0.343 e. The van der Waals surface area contributed by atoms with E-state index in [-0.39, 0.29) is 17.3 Å². The largest absolute Gasteiger partial charge is 0.454 e. The van der Waals surface area contributed by atoms with Gasteiger partial charge >= 0.3 is 5.97 Å². The summed E-state index contributed by atoms with van der Waals surface area (Å²) in [6, 6.07) is 10.7. The molecule has 2 atom stereocenters. The highest BCUT2D eigenvalue weighted by Gasteiger charge is 2.31. The molecule has 2 aromatic carbocycles. The van der Waals surface area contributed by atoms with Crippen LogP contribution in [0.4, 0.5) is 0 Å². The zero-order valence-electron chi connectivity index (χ0n) is 16.3. The smallest absolute Gasteiger partial charge is 0.343 e. The van der Waals surface area contributed by atoms with E-state index in [1.165, 1.54) is 28.6 Å². The Bertz CT molecular complexity index is 1010. The fourth-order valence-corrected chi connectivity index (χ4v) is 5.50. The number of fused-ring (bicyclic) bond motifs is 1. The molecule has 1 fully saturated rings. The van der Waals surface area contributed by atoms with Crippen molar-refractivity contribution in [2.75, 3.05) is 19.9 Å². The summed E-state index contributed by atoms with van der Waals surface area (Å²) in [6.45, 7) is 5.29. The Hall–Kier alpha value is -2.58. The van der Waals surface area contributed by atoms with Crippen LogP contribution in [-0.4, -0.2) is 38.6 Å². The van der Waals surface area contributed by atoms with E-state index in [9.17, 15) is 13.2 Å². The van der Waals surface area contributed by atoms with E-state index in [0.717, 1.165) is 6.42 Å². The molecule has 0 radical (unpaired) electrons. The van der Waals surface area contributed by atoms with Crippen LogP contribution in [0.2, 0.25) is 0 Å². The number of nitrogens with zero attached hydrogens (tertiary/aromatic N) is 1. The molecule has 0 aromatic heterocycles. The third-order valence-electron chi connectivity index (χ3n) is 5.12. The molecule has 0 saturated carbocycles. The second-order valence-corrected chi connectivity index (χ2v) is 9.63. The van der Waals surface area contributed by atoms with Crippen LogP contribution >= 0.6 is 0 Å². The monoisotopic (exact) mass is 417 g/mol. The Labute approximate surface area is 170 Å². The molecule has 0 spiro atoms. The van der Waals surface area contributed by atoms with Gasteiger partial charge in [0.25, 0.3) is 0 Å². The lowest BCUT2D eigenvalue weighted by atomic mass is 9.94. The number of hydrogen-bond donors (Lipinski definition) is 0. The van der Waals surface area contributed by atoms with Crippen LogP contribution < -0.4 is 14.2 Å². The van der Waals surface area contributed by atoms with Gasteiger partial charge in [0.1, 0.15) is 5.75 Å². The first-order chi connectivity index (χ1) is 13.8. The molecule has 1 saturated heterocycles. The number of carbonyl (C=O) groups excluding carboxylic acids is 1. The predicted octanol–water partition coefficient (Wildman–Crippen LogP) is 3.30. The summed E-state index contributed by atoms with van der Waals surface area (Å²) in [5.74, 6) is 1.51. The maximum absolute atomic E-state index is 12.9. The third kappa shape index (κ3) is 4.09. The summed E-state index contributed by atoms with van der Waals surface area (Å²) in [5.41, 5.74) is 0.266. The zero-order chi connectivity index (χ0) is 20.6. The number of ether oxygens (including phenoxy) is 3. The SMILES string of the molecule is C[C@@H]1C[C@H](C)CN(S(=O)(=O)c2ccc(C(=O)Oc3ccc4c(c3)OCO4)cc2)C1. The molecule has 4 rings (SSSR count). The summed E-state index contributed by atoms with van der Waals surface area (Å²) in [6.07, 6.45) is 1.02. The highest BCUT2D eigenvalue weighted by Crippen LogP contribution is 2.35. The van der Waals surface area contributed by atoms with Gasteiger partial charge in [-0.05, 0) is 54.7 Å². The van der Waals surface area contributed by atoms with Crippen LogP contribution in [0, 0.1) is 11.8 Å². The maximum atomic E-state index is 12.9. The molecular formula is C21H23NO6S. The Kier molecular flexibility index (Phi) is 5.23. The summed E-state index contributed by atoms with van der Waals surface area (Å²) in [5, 5.41) is 0. The number of sulfonamides is 1. The first kappa shape index (κ1) is 19.7. The average Bonchev–Trinajstić information content (AvgIpc) is 3.15. The fourth-order valence-electron chi connectivity index (χ4n) is 3.82. The number of hydrogen-bond acceptors (Lipinski definition) is 6. The average molecular weight is 417 g/mol. The van der Waals surface area contributed by atoms with Crippen LogP contribution in [0.1, 0.15) is 30.6 Å². The van der Waals surface area contributed by atoms with Gasteiger partial charge in [-0.3, -0.25) is 0 Å². The minimum absolute atomic E-state index is 0.136. The van der Waals surface area contributed by atoms with Crippen LogP contribution in [0.15, 0.2) is 47.4 Å². The van der Waals surface area contributed by atoms with E-state index in [4.69, 9.17) is 14.2 Å². The van der Waals surface area contributed by atoms with Crippen molar-refractivity contribution in [3.8, 4) is 17.2 Å². The van der Waals surface area contributed by atoms with Gasteiger partial charge in [-0.2, -0.15) is 4.31 Å². The second-order valence-electron chi connectivity index (χ2n) is 7.70. The minimum Gasteiger partial charge on any atom is -0.454 e. The van der Waals surface area contributed by atoms with Crippen molar-refractivity contribution in [3.05, 3.63) is 48.0 Å². The van der Waals surface area contributed by atoms with Gasteiger partial charge in [0.15, 0.2) is 11.5 Å². The molecule has 2 aliphatic rings. The van der Waals surface area contributed by atoms with E-state index in [0.29, 0.717) is 42.2 Å². The van der Waals surface area contributed by atoms with Gasteiger partial charge in [0.05, 0.1) is 10.5 Å². The lowest BCUT2D eigenvalue weighted by Gasteiger charge is -2.34. The van der Waals surface area contributed by atoms with Gasteiger partial charge in [0, 0.05) is 19.2 Å². The molecular weight excluding hydrogens is 394 g/mol. The Morgan fingerprint density at radius 1 is 1.00 bits per heavy atom. The van der Waals surface area contributed by atoms with Crippen LogP contribution in [-0.2, 0) is 10.0 Å². The summed E-state index contributed by atoms with van der Waals surface area (Å²) in [4.78, 5) is 12.6. The van der Waals surface area contributed by atoms with Gasteiger partial charge < -0.3 is 14.2 Å². The summed E-state index contributed by atoms with van der Waals surface area (Å²) in [7, 11) is -3.59. The van der Waals surface area contributed by atoms with Gasteiger partial charge in [-0.1, -0.05) is 13.8 Å². The molecule has 7 nitrogen and oxygen atoms in total. The standard InChI is InChI=1S/C21H23NO6S/c1-14-9-15(2)12-22(11-14)29(24,25)18-6-3-16(4-7-18)21(23)28-17-5-8-19-20(10-17)27-13-26-19/h3-8,10,14-15H,9,11-13H2,1-2H3/t14-,15+. The second kappa shape index (κ2) is 7.68. The number of carbonyl (C=O) groups is 1. The van der Waals surface area contributed by atoms with Crippen molar-refractivity contribution in [1.29, 1.82) is 0 Å². The number of esters is 1. The molecule has 154 valence electrons. The van der Waals surface area contributed by atoms with Crippen LogP contribution in [0.25, 0.3) is 0 Å². The highest BCUT2D eigenvalue weighted by molar-refractivity contribution is 7.89. The first-order valence-corrected chi connectivity index (χ1v) is 11.0. The van der Waals surface area contributed by atoms with Crippen molar-refractivity contribution in [1.82, 2.24) is 4.31 Å². The molecule has 0 unspecified atom stereocenters. The number of piperidine rings is 1. The highest BCUT2D eigenvalue weighted by atomic mass is 32.2. The van der Waals surface area contributed by atoms with Crippen LogP contribution in [0.3, 0.4) is 0 Å². The van der Waals surface area contributed by atoms with E-state index < -0.39 is 16.0 Å². The first-order valence-electron chi connectivity index (χ1n) is 9.55. The van der Waals surface area contributed by atoms with Crippen molar-refractivity contribution in [3.63, 3.8) is 0 Å². The van der Waals surface area contributed by atoms with Crippen molar-refractivity contribution >= 4 is 16.0 Å². The third-order valence-corrected chi connectivity index (χ3v) is 6.96. The van der Waals surface area contributed by atoms with E-state index in [1.807, 2.05) is 0 Å². The molecule has 29 heavy (non-hydrogen) atoms. The molecule has 0 aliphatic carbocycles. The van der Waals surface area contributed by atoms with E-state index in [2.05, 4.69) is 13.8 Å². The molecule has 0 amide bonds. The van der Waals surface area contributed by atoms with E-state index in [1.54, 1.807) is 18.2 Å². The lowest BCUT2D eigenvalue weighted by Crippen LogP contribution is -2.42. The molecule has 2 aromatic rings. The minimum atomic E-state index is -3.59. The predicted molar refractivity (Wildman–Crippen MR) is 106 cm³/mol. The zero-order valence-corrected chi connectivity index (χ0v) is 17.1. The summed E-state index contributed by atoms with van der Waals surface area (Å²) < 4.78 is 43.3. The molecule has 0 N–H and O–H groups in total. The topological polar surface area (TPSA) is 82.1 Å². The number of rotatable bonds is 4. The molecule has 2 heterocycles. The fraction of sp³-hybridized carbons (Fsp3) is 0.381. The Balaban J connectivity index is 1.47. The normalized spacial score (nSPS) is 21.7. The molecule has 8 heteroatoms. The number of benzene rings is 2. The summed E-state index contributed by atoms with van der Waals surface area (Å²) >= 11 is 0. The Morgan fingerprint density at radius 3 is 2.34 bits per heavy atom. The van der Waals surface area contributed by atoms with E-state index >= 15 is 0 Å². The molecule has 0 bridgehead atoms. The van der Waals surface area contributed by atoms with Gasteiger partial charge in [-0.15, -0.1) is 0 Å². The quantitative estimate of drug-likeness (QED) is 0.561. The van der Waals surface area contributed by atoms with Crippen molar-refractivity contribution in [2.45, 2.75) is 25.2 Å². The van der Waals surface area contributed by atoms with Crippen molar-refractivity contribution < 1.29 is 27.4 Å².